The summed E-state index contributed by atoms with van der Waals surface area (Å²) in [5.74, 6) is -4.98. The van der Waals surface area contributed by atoms with Crippen LogP contribution in [0.3, 0.4) is 0 Å². The molecule has 2 aromatic heterocycles. The van der Waals surface area contributed by atoms with E-state index in [1.165, 1.54) is 19.9 Å². The molecule has 1 unspecified atom stereocenters. The van der Waals surface area contributed by atoms with Crippen LogP contribution in [0.2, 0.25) is 0 Å². The van der Waals surface area contributed by atoms with Crippen LogP contribution < -0.4 is 10.1 Å². The minimum Gasteiger partial charge on any atom is -0.485 e. The van der Waals surface area contributed by atoms with Crippen molar-refractivity contribution < 1.29 is 31.9 Å². The van der Waals surface area contributed by atoms with Gasteiger partial charge in [0.15, 0.2) is 6.61 Å². The molecule has 2 rings (SSSR count). The van der Waals surface area contributed by atoms with Crippen LogP contribution in [-0.2, 0) is 11.2 Å². The zero-order chi connectivity index (χ0) is 22.5. The molecule has 0 aliphatic heterocycles. The molecule has 0 aliphatic rings. The first-order valence-electron chi connectivity index (χ1n) is 9.00. The molecule has 30 heavy (non-hydrogen) atoms. The van der Waals surface area contributed by atoms with E-state index >= 15 is 0 Å². The predicted molar refractivity (Wildman–Crippen MR) is 99.9 cm³/mol. The van der Waals surface area contributed by atoms with Crippen molar-refractivity contribution in [1.82, 2.24) is 15.3 Å². The standard InChI is InChI=1S/C20H21F4N3O3/c1-11-6-16(26-9-17(11)30-10-20(23,24)19(21)22)18(29)27-13(3)14-4-5-25-15(8-14)7-12(2)28/h4-6,8-9,13,19H,7,10H2,1-3H3,(H,27,29). The number of aromatic nitrogens is 2. The van der Waals surface area contributed by atoms with Crippen LogP contribution in [0.1, 0.15) is 47.2 Å². The third-order valence-electron chi connectivity index (χ3n) is 4.15. The molecule has 0 spiro atoms. The molecule has 0 fully saturated rings. The molecule has 1 amide bonds. The van der Waals surface area contributed by atoms with Gasteiger partial charge in [-0.05, 0) is 50.1 Å². The maximum atomic E-state index is 13.0. The Hall–Kier alpha value is -3.04. The zero-order valence-electron chi connectivity index (χ0n) is 16.6. The number of aryl methyl sites for hydroxylation is 1. The number of ether oxygens (including phenoxy) is 1. The Morgan fingerprint density at radius 3 is 2.53 bits per heavy atom. The Morgan fingerprint density at radius 2 is 1.93 bits per heavy atom. The molecule has 0 aliphatic carbocycles. The number of carbonyl (C=O) groups is 2. The Labute approximate surface area is 170 Å². The molecule has 0 bridgehead atoms. The number of hydrogen-bond donors (Lipinski definition) is 1. The minimum atomic E-state index is -4.29. The molecule has 1 N–H and O–H groups in total. The molecule has 0 saturated heterocycles. The summed E-state index contributed by atoms with van der Waals surface area (Å²) in [6.45, 7) is 3.17. The maximum Gasteiger partial charge on any atom is 0.340 e. The number of hydrogen-bond acceptors (Lipinski definition) is 5. The van der Waals surface area contributed by atoms with Gasteiger partial charge in [0, 0.05) is 18.3 Å². The van der Waals surface area contributed by atoms with Crippen LogP contribution >= 0.6 is 0 Å². The van der Waals surface area contributed by atoms with E-state index in [9.17, 15) is 27.2 Å². The van der Waals surface area contributed by atoms with Gasteiger partial charge in [-0.1, -0.05) is 0 Å². The van der Waals surface area contributed by atoms with Crippen LogP contribution in [0.5, 0.6) is 5.75 Å². The van der Waals surface area contributed by atoms with Crippen LogP contribution in [-0.4, -0.2) is 40.6 Å². The van der Waals surface area contributed by atoms with Gasteiger partial charge in [-0.15, -0.1) is 0 Å². The largest absolute Gasteiger partial charge is 0.485 e. The number of nitrogens with one attached hydrogen (secondary N) is 1. The van der Waals surface area contributed by atoms with Gasteiger partial charge in [0.25, 0.3) is 5.91 Å². The van der Waals surface area contributed by atoms with Crippen molar-refractivity contribution in [1.29, 1.82) is 0 Å². The molecule has 2 heterocycles. The second-order valence-electron chi connectivity index (χ2n) is 6.84. The normalized spacial score (nSPS) is 12.5. The summed E-state index contributed by atoms with van der Waals surface area (Å²) in [5, 5.41) is 2.74. The van der Waals surface area contributed by atoms with Crippen molar-refractivity contribution in [3.05, 3.63) is 53.1 Å². The fourth-order valence-corrected chi connectivity index (χ4v) is 2.53. The quantitative estimate of drug-likeness (QED) is 0.618. The summed E-state index contributed by atoms with van der Waals surface area (Å²) in [4.78, 5) is 31.7. The van der Waals surface area contributed by atoms with E-state index in [0.717, 1.165) is 11.8 Å². The molecule has 1 atom stereocenters. The molecule has 162 valence electrons. The average Bonchev–Trinajstić information content (AvgIpc) is 2.66. The fourth-order valence-electron chi connectivity index (χ4n) is 2.53. The van der Waals surface area contributed by atoms with Gasteiger partial charge in [0.05, 0.1) is 12.2 Å². The summed E-state index contributed by atoms with van der Waals surface area (Å²) in [5.41, 5.74) is 1.61. The van der Waals surface area contributed by atoms with Gasteiger partial charge < -0.3 is 10.1 Å². The molecule has 10 heteroatoms. The lowest BCUT2D eigenvalue weighted by molar-refractivity contribution is -0.148. The highest BCUT2D eigenvalue weighted by molar-refractivity contribution is 5.92. The van der Waals surface area contributed by atoms with Crippen LogP contribution in [0.15, 0.2) is 30.6 Å². The number of amides is 1. The van der Waals surface area contributed by atoms with Gasteiger partial charge in [0.1, 0.15) is 17.2 Å². The van der Waals surface area contributed by atoms with Gasteiger partial charge in [0.2, 0.25) is 0 Å². The number of ketones is 1. The van der Waals surface area contributed by atoms with E-state index in [4.69, 9.17) is 4.74 Å². The second-order valence-corrected chi connectivity index (χ2v) is 6.84. The Balaban J connectivity index is 2.05. The van der Waals surface area contributed by atoms with E-state index in [1.54, 1.807) is 25.3 Å². The van der Waals surface area contributed by atoms with Crippen LogP contribution in [0, 0.1) is 6.92 Å². The average molecular weight is 427 g/mol. The number of carbonyl (C=O) groups excluding carboxylic acids is 2. The second kappa shape index (κ2) is 9.64. The lowest BCUT2D eigenvalue weighted by atomic mass is 10.1. The molecular weight excluding hydrogens is 406 g/mol. The smallest absolute Gasteiger partial charge is 0.340 e. The maximum absolute atomic E-state index is 13.0. The van der Waals surface area contributed by atoms with Gasteiger partial charge in [-0.25, -0.2) is 13.8 Å². The summed E-state index contributed by atoms with van der Waals surface area (Å²) in [7, 11) is 0. The van der Waals surface area contributed by atoms with Gasteiger partial charge in [-0.3, -0.25) is 14.6 Å². The van der Waals surface area contributed by atoms with Crippen molar-refractivity contribution >= 4 is 11.7 Å². The molecule has 0 aromatic carbocycles. The molecule has 2 aromatic rings. The van der Waals surface area contributed by atoms with Crippen molar-refractivity contribution in [3.8, 4) is 5.75 Å². The molecule has 0 saturated carbocycles. The third kappa shape index (κ3) is 6.23. The number of alkyl halides is 4. The lowest BCUT2D eigenvalue weighted by Crippen LogP contribution is -2.34. The van der Waals surface area contributed by atoms with E-state index in [-0.39, 0.29) is 23.6 Å². The van der Waals surface area contributed by atoms with Crippen molar-refractivity contribution in [2.45, 2.75) is 45.6 Å². The Kier molecular flexibility index (Phi) is 7.47. The highest BCUT2D eigenvalue weighted by Crippen LogP contribution is 2.25. The Morgan fingerprint density at radius 1 is 1.23 bits per heavy atom. The highest BCUT2D eigenvalue weighted by atomic mass is 19.3. The summed E-state index contributed by atoms with van der Waals surface area (Å²) >= 11 is 0. The lowest BCUT2D eigenvalue weighted by Gasteiger charge is -2.17. The number of rotatable bonds is 9. The SMILES string of the molecule is CC(=O)Cc1cc(C(C)NC(=O)c2cc(C)c(OCC(F)(F)C(F)F)cn2)ccn1. The van der Waals surface area contributed by atoms with Gasteiger partial charge in [-0.2, -0.15) is 8.78 Å². The predicted octanol–water partition coefficient (Wildman–Crippen LogP) is 3.69. The first-order valence-corrected chi connectivity index (χ1v) is 9.00. The number of Topliss-reactive ketones (excluding diaryl/α,β-unsaturated/α-hetero) is 1. The van der Waals surface area contributed by atoms with Crippen LogP contribution in [0.4, 0.5) is 17.6 Å². The van der Waals surface area contributed by atoms with E-state index in [2.05, 4.69) is 15.3 Å². The minimum absolute atomic E-state index is 0.00494. The van der Waals surface area contributed by atoms with E-state index in [1.807, 2.05) is 0 Å². The van der Waals surface area contributed by atoms with Gasteiger partial charge >= 0.3 is 12.3 Å². The number of pyridine rings is 2. The molecule has 0 radical (unpaired) electrons. The fraction of sp³-hybridized carbons (Fsp3) is 0.400. The topological polar surface area (TPSA) is 81.2 Å². The number of halogens is 4. The van der Waals surface area contributed by atoms with Crippen molar-refractivity contribution in [2.24, 2.45) is 0 Å². The highest BCUT2D eigenvalue weighted by Gasteiger charge is 2.41. The van der Waals surface area contributed by atoms with Crippen molar-refractivity contribution in [2.75, 3.05) is 6.61 Å². The van der Waals surface area contributed by atoms with E-state index < -0.39 is 30.9 Å². The van der Waals surface area contributed by atoms with Crippen molar-refractivity contribution in [3.63, 3.8) is 0 Å². The molecular formula is C20H21F4N3O3. The molecule has 6 nitrogen and oxygen atoms in total. The summed E-state index contributed by atoms with van der Waals surface area (Å²) in [6, 6.07) is 4.30. The zero-order valence-corrected chi connectivity index (χ0v) is 16.6. The Bertz CT molecular complexity index is 922. The van der Waals surface area contributed by atoms with E-state index in [0.29, 0.717) is 11.3 Å². The first-order chi connectivity index (χ1) is 14.0. The monoisotopic (exact) mass is 427 g/mol. The number of nitrogens with zero attached hydrogens (tertiary/aromatic N) is 2. The summed E-state index contributed by atoms with van der Waals surface area (Å²) < 4.78 is 55.1. The third-order valence-corrected chi connectivity index (χ3v) is 4.15. The summed E-state index contributed by atoms with van der Waals surface area (Å²) in [6.07, 6.45) is -1.09. The first kappa shape index (κ1) is 23.2. The van der Waals surface area contributed by atoms with Crippen LogP contribution in [0.25, 0.3) is 0 Å².